The number of benzene rings is 1. The number of carbonyl (C=O) groups is 3. The van der Waals surface area contributed by atoms with E-state index in [1.54, 1.807) is 13.8 Å². The Morgan fingerprint density at radius 1 is 1.15 bits per heavy atom. The minimum Gasteiger partial charge on any atom is -0.466 e. The molecule has 3 amide bonds. The molecule has 1 aliphatic rings. The van der Waals surface area contributed by atoms with Gasteiger partial charge in [-0.05, 0) is 32.3 Å². The number of esters is 1. The van der Waals surface area contributed by atoms with Crippen LogP contribution in [0.15, 0.2) is 30.3 Å². The van der Waals surface area contributed by atoms with Crippen molar-refractivity contribution in [2.75, 3.05) is 26.2 Å². The number of amides is 3. The Morgan fingerprint density at radius 3 is 2.38 bits per heavy atom. The molecule has 1 aliphatic heterocycles. The van der Waals surface area contributed by atoms with Gasteiger partial charge in [0.1, 0.15) is 6.04 Å². The van der Waals surface area contributed by atoms with E-state index in [1.807, 2.05) is 35.2 Å². The SMILES string of the molecule is CCNC(=O)NC(=O)[C@@H](c1ccccc1)N1CCC(C(=O)OCC)CC1. The average molecular weight is 361 g/mol. The third kappa shape index (κ3) is 5.29. The van der Waals surface area contributed by atoms with Crippen LogP contribution in [-0.4, -0.2) is 49.0 Å². The zero-order valence-corrected chi connectivity index (χ0v) is 15.4. The Balaban J connectivity index is 2.09. The smallest absolute Gasteiger partial charge is 0.321 e. The maximum Gasteiger partial charge on any atom is 0.321 e. The second-order valence-electron chi connectivity index (χ2n) is 6.22. The second kappa shape index (κ2) is 9.91. The first-order valence-electron chi connectivity index (χ1n) is 9.11. The summed E-state index contributed by atoms with van der Waals surface area (Å²) in [5.41, 5.74) is 0.823. The summed E-state index contributed by atoms with van der Waals surface area (Å²) in [6.07, 6.45) is 1.27. The van der Waals surface area contributed by atoms with Crippen molar-refractivity contribution in [3.8, 4) is 0 Å². The van der Waals surface area contributed by atoms with Crippen LogP contribution in [0.4, 0.5) is 4.79 Å². The van der Waals surface area contributed by atoms with Crippen molar-refractivity contribution in [2.24, 2.45) is 5.92 Å². The van der Waals surface area contributed by atoms with Gasteiger partial charge in [0.25, 0.3) is 0 Å². The van der Waals surface area contributed by atoms with E-state index in [-0.39, 0.29) is 17.8 Å². The Kier molecular flexibility index (Phi) is 7.59. The zero-order valence-electron chi connectivity index (χ0n) is 15.4. The lowest BCUT2D eigenvalue weighted by atomic mass is 9.94. The van der Waals surface area contributed by atoms with Crippen LogP contribution in [0.3, 0.4) is 0 Å². The van der Waals surface area contributed by atoms with Crippen molar-refractivity contribution >= 4 is 17.9 Å². The highest BCUT2D eigenvalue weighted by Crippen LogP contribution is 2.27. The number of ether oxygens (including phenoxy) is 1. The lowest BCUT2D eigenvalue weighted by molar-refractivity contribution is -0.149. The molecule has 1 heterocycles. The van der Waals surface area contributed by atoms with Crippen molar-refractivity contribution in [3.63, 3.8) is 0 Å². The van der Waals surface area contributed by atoms with Crippen LogP contribution in [-0.2, 0) is 14.3 Å². The molecule has 0 aliphatic carbocycles. The first kappa shape index (κ1) is 19.9. The fourth-order valence-corrected chi connectivity index (χ4v) is 3.20. The summed E-state index contributed by atoms with van der Waals surface area (Å²) in [6.45, 7) is 5.58. The quantitative estimate of drug-likeness (QED) is 0.755. The number of carbonyl (C=O) groups excluding carboxylic acids is 3. The van der Waals surface area contributed by atoms with Crippen molar-refractivity contribution in [1.82, 2.24) is 15.5 Å². The molecule has 2 rings (SSSR count). The molecule has 2 N–H and O–H groups in total. The highest BCUT2D eigenvalue weighted by atomic mass is 16.5. The summed E-state index contributed by atoms with van der Waals surface area (Å²) in [7, 11) is 0. The monoisotopic (exact) mass is 361 g/mol. The molecule has 7 heteroatoms. The van der Waals surface area contributed by atoms with E-state index in [0.29, 0.717) is 39.1 Å². The maximum absolute atomic E-state index is 12.7. The van der Waals surface area contributed by atoms with E-state index in [1.165, 1.54) is 0 Å². The van der Waals surface area contributed by atoms with Crippen LogP contribution >= 0.6 is 0 Å². The molecule has 1 aromatic rings. The molecule has 142 valence electrons. The molecular weight excluding hydrogens is 334 g/mol. The molecule has 1 aromatic carbocycles. The number of nitrogens with one attached hydrogen (secondary N) is 2. The summed E-state index contributed by atoms with van der Waals surface area (Å²) in [5.74, 6) is -0.666. The van der Waals surface area contributed by atoms with Crippen molar-refractivity contribution < 1.29 is 19.1 Å². The summed E-state index contributed by atoms with van der Waals surface area (Å²) in [6, 6.07) is 8.30. The fraction of sp³-hybridized carbons (Fsp3) is 0.526. The predicted molar refractivity (Wildman–Crippen MR) is 97.3 cm³/mol. The van der Waals surface area contributed by atoms with Gasteiger partial charge >= 0.3 is 12.0 Å². The fourth-order valence-electron chi connectivity index (χ4n) is 3.20. The van der Waals surface area contributed by atoms with E-state index < -0.39 is 12.1 Å². The number of nitrogens with zero attached hydrogens (tertiary/aromatic N) is 1. The number of hydrogen-bond donors (Lipinski definition) is 2. The molecule has 1 fully saturated rings. The first-order valence-corrected chi connectivity index (χ1v) is 9.11. The van der Waals surface area contributed by atoms with Crippen molar-refractivity contribution in [1.29, 1.82) is 0 Å². The summed E-state index contributed by atoms with van der Waals surface area (Å²) in [5, 5.41) is 4.98. The lowest BCUT2D eigenvalue weighted by Crippen LogP contribution is -2.48. The Labute approximate surface area is 154 Å². The molecule has 0 radical (unpaired) electrons. The molecule has 0 unspecified atom stereocenters. The largest absolute Gasteiger partial charge is 0.466 e. The Hall–Kier alpha value is -2.41. The second-order valence-corrected chi connectivity index (χ2v) is 6.22. The number of piperidine rings is 1. The van der Waals surface area contributed by atoms with E-state index in [2.05, 4.69) is 10.6 Å². The number of hydrogen-bond acceptors (Lipinski definition) is 5. The number of urea groups is 1. The van der Waals surface area contributed by atoms with Crippen LogP contribution in [0.1, 0.15) is 38.3 Å². The first-order chi connectivity index (χ1) is 12.6. The van der Waals surface area contributed by atoms with Crippen LogP contribution < -0.4 is 10.6 Å². The normalized spacial score (nSPS) is 16.5. The van der Waals surface area contributed by atoms with Gasteiger partial charge in [-0.15, -0.1) is 0 Å². The molecular formula is C19H27N3O4. The van der Waals surface area contributed by atoms with E-state index >= 15 is 0 Å². The Morgan fingerprint density at radius 2 is 1.81 bits per heavy atom. The van der Waals surface area contributed by atoms with E-state index in [4.69, 9.17) is 4.74 Å². The summed E-state index contributed by atoms with van der Waals surface area (Å²) in [4.78, 5) is 38.4. The average Bonchev–Trinajstić information content (AvgIpc) is 2.63. The predicted octanol–water partition coefficient (Wildman–Crippen LogP) is 1.85. The minimum absolute atomic E-state index is 0.130. The highest BCUT2D eigenvalue weighted by molar-refractivity contribution is 5.97. The molecule has 7 nitrogen and oxygen atoms in total. The highest BCUT2D eigenvalue weighted by Gasteiger charge is 2.34. The third-order valence-electron chi connectivity index (χ3n) is 4.45. The van der Waals surface area contributed by atoms with Crippen LogP contribution in [0, 0.1) is 5.92 Å². The maximum atomic E-state index is 12.7. The molecule has 0 saturated carbocycles. The topological polar surface area (TPSA) is 87.7 Å². The van der Waals surface area contributed by atoms with Crippen molar-refractivity contribution in [2.45, 2.75) is 32.7 Å². The molecule has 26 heavy (non-hydrogen) atoms. The molecule has 0 spiro atoms. The van der Waals surface area contributed by atoms with Gasteiger partial charge in [0.15, 0.2) is 0 Å². The number of likely N-dealkylation sites (tertiary alicyclic amines) is 1. The van der Waals surface area contributed by atoms with E-state index in [0.717, 1.165) is 5.56 Å². The number of rotatable bonds is 6. The van der Waals surface area contributed by atoms with Gasteiger partial charge in [0, 0.05) is 19.6 Å². The van der Waals surface area contributed by atoms with Gasteiger partial charge in [0.2, 0.25) is 5.91 Å². The molecule has 0 aromatic heterocycles. The van der Waals surface area contributed by atoms with Crippen molar-refractivity contribution in [3.05, 3.63) is 35.9 Å². The van der Waals surface area contributed by atoms with Gasteiger partial charge < -0.3 is 10.1 Å². The molecule has 1 saturated heterocycles. The third-order valence-corrected chi connectivity index (χ3v) is 4.45. The van der Waals surface area contributed by atoms with Gasteiger partial charge in [-0.2, -0.15) is 0 Å². The Bertz CT molecular complexity index is 612. The standard InChI is InChI=1S/C19H27N3O4/c1-3-20-19(25)21-17(23)16(14-8-6-5-7-9-14)22-12-10-15(11-13-22)18(24)26-4-2/h5-9,15-16H,3-4,10-13H2,1-2H3,(H2,20,21,23,25)/t16-/m1/s1. The van der Waals surface area contributed by atoms with Crippen LogP contribution in [0.25, 0.3) is 0 Å². The van der Waals surface area contributed by atoms with Crippen LogP contribution in [0.5, 0.6) is 0 Å². The summed E-state index contributed by atoms with van der Waals surface area (Å²) < 4.78 is 5.10. The number of imide groups is 1. The van der Waals surface area contributed by atoms with Crippen LogP contribution in [0.2, 0.25) is 0 Å². The lowest BCUT2D eigenvalue weighted by Gasteiger charge is -2.36. The minimum atomic E-state index is -0.568. The van der Waals surface area contributed by atoms with Gasteiger partial charge in [-0.3, -0.25) is 19.8 Å². The molecule has 0 bridgehead atoms. The summed E-state index contributed by atoms with van der Waals surface area (Å²) >= 11 is 0. The van der Waals surface area contributed by atoms with Gasteiger partial charge in [-0.1, -0.05) is 30.3 Å². The van der Waals surface area contributed by atoms with Gasteiger partial charge in [0.05, 0.1) is 12.5 Å². The molecule has 1 atom stereocenters. The van der Waals surface area contributed by atoms with E-state index in [9.17, 15) is 14.4 Å². The zero-order chi connectivity index (χ0) is 18.9. The van der Waals surface area contributed by atoms with Gasteiger partial charge in [-0.25, -0.2) is 4.79 Å².